The Labute approximate surface area is 121 Å². The van der Waals surface area contributed by atoms with Crippen molar-refractivity contribution in [1.29, 1.82) is 0 Å². The smallest absolute Gasteiger partial charge is 0.347 e. The lowest BCUT2D eigenvalue weighted by atomic mass is 9.98. The van der Waals surface area contributed by atoms with Crippen LogP contribution in [0.1, 0.15) is 33.2 Å². The molecule has 0 amide bonds. The molecule has 0 saturated carbocycles. The van der Waals surface area contributed by atoms with Crippen LogP contribution >= 0.6 is 11.3 Å². The molecule has 0 radical (unpaired) electrons. The van der Waals surface area contributed by atoms with Crippen LogP contribution in [0.25, 0.3) is 0 Å². The van der Waals surface area contributed by atoms with Gasteiger partial charge in [-0.1, -0.05) is 0 Å². The van der Waals surface area contributed by atoms with Gasteiger partial charge >= 0.3 is 11.9 Å². The molecule has 1 unspecified atom stereocenters. The number of rotatable bonds is 5. The van der Waals surface area contributed by atoms with E-state index in [-0.39, 0.29) is 5.92 Å². The molecule has 0 aromatic carbocycles. The van der Waals surface area contributed by atoms with E-state index < -0.39 is 11.9 Å². The third kappa shape index (κ3) is 3.55. The Morgan fingerprint density at radius 3 is 2.80 bits per heavy atom. The molecule has 110 valence electrons. The summed E-state index contributed by atoms with van der Waals surface area (Å²) >= 11 is 1.21. The van der Waals surface area contributed by atoms with Crippen molar-refractivity contribution in [3.63, 3.8) is 0 Å². The molecule has 1 aromatic rings. The first-order valence-electron chi connectivity index (χ1n) is 6.62. The van der Waals surface area contributed by atoms with Crippen molar-refractivity contribution in [3.05, 3.63) is 15.6 Å². The summed E-state index contributed by atoms with van der Waals surface area (Å²) in [5.74, 6) is -1.94. The molecule has 2 N–H and O–H groups in total. The fourth-order valence-electron chi connectivity index (χ4n) is 2.47. The Morgan fingerprint density at radius 2 is 2.20 bits per heavy atom. The van der Waals surface area contributed by atoms with Crippen molar-refractivity contribution in [2.75, 3.05) is 19.6 Å². The van der Waals surface area contributed by atoms with E-state index in [0.717, 1.165) is 30.9 Å². The fourth-order valence-corrected chi connectivity index (χ4v) is 3.36. The summed E-state index contributed by atoms with van der Waals surface area (Å²) in [6.07, 6.45) is 2.31. The summed E-state index contributed by atoms with van der Waals surface area (Å²) in [5.41, 5.74) is 0.555. The van der Waals surface area contributed by atoms with Crippen molar-refractivity contribution in [3.8, 4) is 0 Å². The maximum Gasteiger partial charge on any atom is 0.347 e. The van der Waals surface area contributed by atoms with Gasteiger partial charge in [-0.05, 0) is 26.3 Å². The van der Waals surface area contributed by atoms with Crippen molar-refractivity contribution >= 4 is 23.3 Å². The number of aryl methyl sites for hydroxylation is 1. The molecular weight excluding hydrogens is 280 g/mol. The van der Waals surface area contributed by atoms with Crippen LogP contribution in [0, 0.1) is 12.8 Å². The number of piperidine rings is 1. The number of carboxylic acid groups (broad SMARTS) is 2. The highest BCUT2D eigenvalue weighted by Gasteiger charge is 2.25. The van der Waals surface area contributed by atoms with E-state index in [1.165, 1.54) is 11.3 Å². The van der Waals surface area contributed by atoms with E-state index in [9.17, 15) is 9.59 Å². The highest BCUT2D eigenvalue weighted by atomic mass is 32.1. The number of nitrogens with zero attached hydrogens (tertiary/aromatic N) is 2. The Morgan fingerprint density at radius 1 is 1.45 bits per heavy atom. The summed E-state index contributed by atoms with van der Waals surface area (Å²) < 4.78 is 0. The molecule has 0 bridgehead atoms. The van der Waals surface area contributed by atoms with E-state index in [2.05, 4.69) is 9.88 Å². The third-order valence-corrected chi connectivity index (χ3v) is 4.74. The molecule has 1 fully saturated rings. The predicted molar refractivity (Wildman–Crippen MR) is 74.3 cm³/mol. The maximum absolute atomic E-state index is 11.0. The zero-order chi connectivity index (χ0) is 14.7. The Balaban J connectivity index is 1.90. The van der Waals surface area contributed by atoms with Crippen LogP contribution in [0.4, 0.5) is 0 Å². The van der Waals surface area contributed by atoms with Gasteiger partial charge in [0.2, 0.25) is 0 Å². The zero-order valence-electron chi connectivity index (χ0n) is 11.3. The van der Waals surface area contributed by atoms with Gasteiger partial charge in [0.1, 0.15) is 4.88 Å². The monoisotopic (exact) mass is 298 g/mol. The van der Waals surface area contributed by atoms with Crippen LogP contribution in [0.5, 0.6) is 0 Å². The van der Waals surface area contributed by atoms with E-state index in [1.807, 2.05) is 0 Å². The van der Waals surface area contributed by atoms with Gasteiger partial charge in [0.15, 0.2) is 0 Å². The van der Waals surface area contributed by atoms with Gasteiger partial charge in [-0.2, -0.15) is 0 Å². The van der Waals surface area contributed by atoms with Crippen molar-refractivity contribution in [2.45, 2.75) is 26.2 Å². The SMILES string of the molecule is Cc1nc(CCN2CCCC(C(=O)O)C2)sc1C(=O)O. The Kier molecular flexibility index (Phi) is 4.72. The molecule has 0 aliphatic carbocycles. The quantitative estimate of drug-likeness (QED) is 0.856. The summed E-state index contributed by atoms with van der Waals surface area (Å²) in [6.45, 7) is 3.91. The molecule has 1 aliphatic rings. The van der Waals surface area contributed by atoms with Gasteiger partial charge in [-0.15, -0.1) is 11.3 Å². The van der Waals surface area contributed by atoms with Crippen molar-refractivity contribution in [1.82, 2.24) is 9.88 Å². The van der Waals surface area contributed by atoms with Crippen LogP contribution in [-0.4, -0.2) is 51.7 Å². The number of aromatic nitrogens is 1. The molecule has 1 saturated heterocycles. The van der Waals surface area contributed by atoms with E-state index >= 15 is 0 Å². The molecule has 6 nitrogen and oxygen atoms in total. The first kappa shape index (κ1) is 14.9. The van der Waals surface area contributed by atoms with Gasteiger partial charge in [-0.3, -0.25) is 4.79 Å². The summed E-state index contributed by atoms with van der Waals surface area (Å²) in [5, 5.41) is 18.8. The van der Waals surface area contributed by atoms with E-state index in [4.69, 9.17) is 10.2 Å². The zero-order valence-corrected chi connectivity index (χ0v) is 12.2. The highest BCUT2D eigenvalue weighted by molar-refractivity contribution is 7.13. The van der Waals surface area contributed by atoms with Gasteiger partial charge in [0.05, 0.1) is 16.6 Å². The number of aromatic carboxylic acids is 1. The molecule has 1 atom stereocenters. The van der Waals surface area contributed by atoms with Crippen molar-refractivity contribution in [2.24, 2.45) is 5.92 Å². The summed E-state index contributed by atoms with van der Waals surface area (Å²) in [4.78, 5) is 28.6. The fraction of sp³-hybridized carbons (Fsp3) is 0.615. The van der Waals surface area contributed by atoms with Crippen LogP contribution in [-0.2, 0) is 11.2 Å². The summed E-state index contributed by atoms with van der Waals surface area (Å²) in [6, 6.07) is 0. The van der Waals surface area contributed by atoms with Crippen LogP contribution < -0.4 is 0 Å². The topological polar surface area (TPSA) is 90.7 Å². The molecule has 2 heterocycles. The first-order chi connectivity index (χ1) is 9.47. The third-order valence-electron chi connectivity index (χ3n) is 3.53. The molecule has 1 aromatic heterocycles. The molecule has 1 aliphatic heterocycles. The van der Waals surface area contributed by atoms with Crippen LogP contribution in [0.15, 0.2) is 0 Å². The second kappa shape index (κ2) is 6.32. The lowest BCUT2D eigenvalue weighted by molar-refractivity contribution is -0.143. The molecule has 2 rings (SSSR count). The predicted octanol–water partition coefficient (Wildman–Crippen LogP) is 1.49. The number of hydrogen-bond acceptors (Lipinski definition) is 5. The molecule has 7 heteroatoms. The Bertz CT molecular complexity index is 514. The number of thiazole rings is 1. The van der Waals surface area contributed by atoms with Gasteiger partial charge in [0, 0.05) is 19.5 Å². The molecule has 0 spiro atoms. The van der Waals surface area contributed by atoms with E-state index in [1.54, 1.807) is 6.92 Å². The maximum atomic E-state index is 11.0. The molecular formula is C13H18N2O4S. The normalized spacial score (nSPS) is 19.9. The van der Waals surface area contributed by atoms with E-state index in [0.29, 0.717) is 23.5 Å². The standard InChI is InChI=1S/C13H18N2O4S/c1-8-11(13(18)19)20-10(14-8)4-6-15-5-2-3-9(7-15)12(16)17/h9H,2-7H2,1H3,(H,16,17)(H,18,19). The lowest BCUT2D eigenvalue weighted by Gasteiger charge is -2.30. The van der Waals surface area contributed by atoms with Crippen LogP contribution in [0.3, 0.4) is 0 Å². The van der Waals surface area contributed by atoms with Gasteiger partial charge < -0.3 is 15.1 Å². The minimum atomic E-state index is -0.935. The first-order valence-corrected chi connectivity index (χ1v) is 7.43. The molecule has 20 heavy (non-hydrogen) atoms. The Hall–Kier alpha value is -1.47. The van der Waals surface area contributed by atoms with Crippen LogP contribution in [0.2, 0.25) is 0 Å². The number of carboxylic acids is 2. The number of aliphatic carboxylic acids is 1. The minimum absolute atomic E-state index is 0.281. The number of hydrogen-bond donors (Lipinski definition) is 2. The highest BCUT2D eigenvalue weighted by Crippen LogP contribution is 2.20. The average Bonchev–Trinajstić information content (AvgIpc) is 2.78. The average molecular weight is 298 g/mol. The van der Waals surface area contributed by atoms with Crippen molar-refractivity contribution < 1.29 is 19.8 Å². The second-order valence-electron chi connectivity index (χ2n) is 5.06. The summed E-state index contributed by atoms with van der Waals surface area (Å²) in [7, 11) is 0. The second-order valence-corrected chi connectivity index (χ2v) is 6.14. The minimum Gasteiger partial charge on any atom is -0.481 e. The number of carbonyl (C=O) groups is 2. The van der Waals surface area contributed by atoms with Gasteiger partial charge in [-0.25, -0.2) is 9.78 Å². The lowest BCUT2D eigenvalue weighted by Crippen LogP contribution is -2.39. The largest absolute Gasteiger partial charge is 0.481 e. The number of likely N-dealkylation sites (tertiary alicyclic amines) is 1. The van der Waals surface area contributed by atoms with Gasteiger partial charge in [0.25, 0.3) is 0 Å².